The number of anilines is 1. The van der Waals surface area contributed by atoms with Crippen LogP contribution < -0.4 is 4.90 Å². The van der Waals surface area contributed by atoms with Crippen LogP contribution >= 0.6 is 0 Å². The Balaban J connectivity index is 1.43. The molecule has 0 unspecified atom stereocenters. The van der Waals surface area contributed by atoms with Gasteiger partial charge in [-0.15, -0.1) is 0 Å². The molecule has 4 atom stereocenters. The Morgan fingerprint density at radius 3 is 2.32 bits per heavy atom. The highest BCUT2D eigenvalue weighted by molar-refractivity contribution is 5.86. The first-order chi connectivity index (χ1) is 12.1. The van der Waals surface area contributed by atoms with Crippen molar-refractivity contribution in [3.8, 4) is 0 Å². The third kappa shape index (κ3) is 2.76. The van der Waals surface area contributed by atoms with E-state index in [4.69, 9.17) is 4.74 Å². The van der Waals surface area contributed by atoms with Gasteiger partial charge in [-0.1, -0.05) is 12.1 Å². The van der Waals surface area contributed by atoms with Crippen molar-refractivity contribution in [3.05, 3.63) is 30.1 Å². The molecule has 2 bridgehead atoms. The SMILES string of the molecule is O=C(O)[C@@H]1[C@@H](C(=O)N2CCN(c3ccccc3F)CC2)[C@@H]2CC[C@@H]1O2. The quantitative estimate of drug-likeness (QED) is 0.893. The predicted molar refractivity (Wildman–Crippen MR) is 87.7 cm³/mol. The summed E-state index contributed by atoms with van der Waals surface area (Å²) >= 11 is 0. The van der Waals surface area contributed by atoms with Gasteiger partial charge in [-0.25, -0.2) is 4.39 Å². The second-order valence-electron chi connectivity index (χ2n) is 6.94. The Bertz CT molecular complexity index is 689. The minimum atomic E-state index is -0.949. The summed E-state index contributed by atoms with van der Waals surface area (Å²) in [5.74, 6) is -2.68. The summed E-state index contributed by atoms with van der Waals surface area (Å²) in [4.78, 5) is 28.1. The number of benzene rings is 1. The van der Waals surface area contributed by atoms with E-state index in [2.05, 4.69) is 0 Å². The van der Waals surface area contributed by atoms with E-state index in [-0.39, 0.29) is 23.9 Å². The van der Waals surface area contributed by atoms with Gasteiger partial charge in [-0.2, -0.15) is 0 Å². The first-order valence-corrected chi connectivity index (χ1v) is 8.73. The van der Waals surface area contributed by atoms with Gasteiger partial charge in [0, 0.05) is 26.2 Å². The molecule has 6 nitrogen and oxygen atoms in total. The highest BCUT2D eigenvalue weighted by atomic mass is 19.1. The maximum absolute atomic E-state index is 13.9. The largest absolute Gasteiger partial charge is 0.481 e. The van der Waals surface area contributed by atoms with Crippen molar-refractivity contribution >= 4 is 17.6 Å². The molecule has 3 fully saturated rings. The third-order valence-corrected chi connectivity index (χ3v) is 5.63. The van der Waals surface area contributed by atoms with Crippen LogP contribution in [0.25, 0.3) is 0 Å². The van der Waals surface area contributed by atoms with Crippen molar-refractivity contribution in [2.24, 2.45) is 11.8 Å². The molecule has 134 valence electrons. The topological polar surface area (TPSA) is 70.1 Å². The number of carboxylic acids is 1. The lowest BCUT2D eigenvalue weighted by Gasteiger charge is -2.38. The Morgan fingerprint density at radius 1 is 1.04 bits per heavy atom. The van der Waals surface area contributed by atoms with E-state index >= 15 is 0 Å². The van der Waals surface area contributed by atoms with Crippen LogP contribution in [0.4, 0.5) is 10.1 Å². The Morgan fingerprint density at radius 2 is 1.68 bits per heavy atom. The molecular formula is C18H21FN2O4. The molecule has 3 aliphatic heterocycles. The van der Waals surface area contributed by atoms with Gasteiger partial charge < -0.3 is 19.6 Å². The fraction of sp³-hybridized carbons (Fsp3) is 0.556. The number of carboxylic acid groups (broad SMARTS) is 1. The maximum atomic E-state index is 13.9. The number of aliphatic carboxylic acids is 1. The average molecular weight is 348 g/mol. The molecule has 3 aliphatic rings. The molecule has 0 aliphatic carbocycles. The summed E-state index contributed by atoms with van der Waals surface area (Å²) in [6.45, 7) is 2.00. The number of carbonyl (C=O) groups excluding carboxylic acids is 1. The first kappa shape index (κ1) is 16.3. The van der Waals surface area contributed by atoms with Crippen LogP contribution in [-0.2, 0) is 14.3 Å². The number of fused-ring (bicyclic) bond motifs is 2. The molecule has 1 N–H and O–H groups in total. The van der Waals surface area contributed by atoms with E-state index in [0.29, 0.717) is 38.3 Å². The number of ether oxygens (including phenoxy) is 1. The zero-order chi connectivity index (χ0) is 17.6. The van der Waals surface area contributed by atoms with Crippen LogP contribution in [0.3, 0.4) is 0 Å². The lowest BCUT2D eigenvalue weighted by molar-refractivity contribution is -0.151. The highest BCUT2D eigenvalue weighted by Gasteiger charge is 2.56. The normalized spacial score (nSPS) is 31.4. The second-order valence-corrected chi connectivity index (χ2v) is 6.94. The summed E-state index contributed by atoms with van der Waals surface area (Å²) in [6, 6.07) is 6.60. The number of hydrogen-bond donors (Lipinski definition) is 1. The van der Waals surface area contributed by atoms with Gasteiger partial charge in [0.15, 0.2) is 0 Å². The Labute approximate surface area is 145 Å². The monoisotopic (exact) mass is 348 g/mol. The van der Waals surface area contributed by atoms with Crippen LogP contribution in [0, 0.1) is 17.7 Å². The van der Waals surface area contributed by atoms with Crippen LogP contribution in [0.2, 0.25) is 0 Å². The van der Waals surface area contributed by atoms with Gasteiger partial charge in [0.2, 0.25) is 5.91 Å². The number of para-hydroxylation sites is 1. The molecule has 0 spiro atoms. The zero-order valence-corrected chi connectivity index (χ0v) is 13.8. The van der Waals surface area contributed by atoms with Crippen molar-refractivity contribution < 1.29 is 23.8 Å². The molecule has 0 radical (unpaired) electrons. The van der Waals surface area contributed by atoms with Crippen LogP contribution in [0.15, 0.2) is 24.3 Å². The molecule has 1 amide bonds. The van der Waals surface area contributed by atoms with Gasteiger partial charge in [-0.3, -0.25) is 9.59 Å². The molecule has 0 saturated carbocycles. The molecule has 0 aromatic heterocycles. The van der Waals surface area contributed by atoms with Crippen LogP contribution in [-0.4, -0.2) is 60.3 Å². The lowest BCUT2D eigenvalue weighted by Crippen LogP contribution is -2.53. The molecule has 3 saturated heterocycles. The number of rotatable bonds is 3. The minimum absolute atomic E-state index is 0.132. The second kappa shape index (κ2) is 6.29. The van der Waals surface area contributed by atoms with E-state index in [1.165, 1.54) is 6.07 Å². The number of piperazine rings is 1. The number of halogens is 1. The molecule has 1 aromatic carbocycles. The minimum Gasteiger partial charge on any atom is -0.481 e. The van der Waals surface area contributed by atoms with E-state index in [0.717, 1.165) is 6.42 Å². The van der Waals surface area contributed by atoms with Crippen molar-refractivity contribution in [3.63, 3.8) is 0 Å². The fourth-order valence-corrected chi connectivity index (χ4v) is 4.39. The number of nitrogens with zero attached hydrogens (tertiary/aromatic N) is 2. The Hall–Kier alpha value is -2.15. The van der Waals surface area contributed by atoms with Crippen molar-refractivity contribution in [1.29, 1.82) is 0 Å². The summed E-state index contributed by atoms with van der Waals surface area (Å²) in [5.41, 5.74) is 0.543. The molecule has 1 aromatic rings. The number of amides is 1. The van der Waals surface area contributed by atoms with Gasteiger partial charge in [0.25, 0.3) is 0 Å². The zero-order valence-electron chi connectivity index (χ0n) is 13.8. The van der Waals surface area contributed by atoms with E-state index in [1.54, 1.807) is 23.1 Å². The molecule has 3 heterocycles. The van der Waals surface area contributed by atoms with Gasteiger partial charge in [0.05, 0.1) is 29.7 Å². The van der Waals surface area contributed by atoms with Crippen molar-refractivity contribution in [2.75, 3.05) is 31.1 Å². The van der Waals surface area contributed by atoms with Crippen LogP contribution in [0.5, 0.6) is 0 Å². The maximum Gasteiger partial charge on any atom is 0.310 e. The van der Waals surface area contributed by atoms with Crippen molar-refractivity contribution in [1.82, 2.24) is 4.90 Å². The predicted octanol–water partition coefficient (Wildman–Crippen LogP) is 1.35. The Kier molecular flexibility index (Phi) is 4.11. The number of hydrogen-bond acceptors (Lipinski definition) is 4. The van der Waals surface area contributed by atoms with Gasteiger partial charge in [-0.05, 0) is 25.0 Å². The van der Waals surface area contributed by atoms with E-state index in [9.17, 15) is 19.1 Å². The van der Waals surface area contributed by atoms with Gasteiger partial charge >= 0.3 is 5.97 Å². The summed E-state index contributed by atoms with van der Waals surface area (Å²) in [6.07, 6.45) is 0.853. The fourth-order valence-electron chi connectivity index (χ4n) is 4.39. The van der Waals surface area contributed by atoms with E-state index in [1.807, 2.05) is 4.90 Å². The lowest BCUT2D eigenvalue weighted by atomic mass is 9.78. The summed E-state index contributed by atoms with van der Waals surface area (Å²) in [7, 11) is 0. The smallest absolute Gasteiger partial charge is 0.310 e. The van der Waals surface area contributed by atoms with E-state index < -0.39 is 17.8 Å². The molecule has 7 heteroatoms. The third-order valence-electron chi connectivity index (χ3n) is 5.63. The molecule has 4 rings (SSSR count). The molecule has 25 heavy (non-hydrogen) atoms. The number of carbonyl (C=O) groups is 2. The standard InChI is InChI=1S/C18H21FN2O4/c19-11-3-1-2-4-12(11)20-7-9-21(10-8-20)17(22)15-13-5-6-14(25-13)16(15)18(23)24/h1-4,13-16H,5-10H2,(H,23,24)/t13-,14-,15-,16-/m0/s1. The van der Waals surface area contributed by atoms with Gasteiger partial charge in [0.1, 0.15) is 5.82 Å². The highest BCUT2D eigenvalue weighted by Crippen LogP contribution is 2.44. The van der Waals surface area contributed by atoms with Crippen LogP contribution in [0.1, 0.15) is 12.8 Å². The molecular weight excluding hydrogens is 327 g/mol. The van der Waals surface area contributed by atoms with Crippen molar-refractivity contribution in [2.45, 2.75) is 25.0 Å². The summed E-state index contributed by atoms with van der Waals surface area (Å²) < 4.78 is 19.6. The summed E-state index contributed by atoms with van der Waals surface area (Å²) in [5, 5.41) is 9.47. The first-order valence-electron chi connectivity index (χ1n) is 8.73. The average Bonchev–Trinajstić information content (AvgIpc) is 3.23.